The number of nitrogens with one attached hydrogen (secondary N) is 2. The quantitative estimate of drug-likeness (QED) is 0.369. The summed E-state index contributed by atoms with van der Waals surface area (Å²) in [6.45, 7) is 0.438. The lowest BCUT2D eigenvalue weighted by Crippen LogP contribution is -2.42. The van der Waals surface area contributed by atoms with E-state index in [1.807, 2.05) is 60.7 Å². The molecule has 4 aromatic rings. The van der Waals surface area contributed by atoms with Crippen molar-refractivity contribution in [3.05, 3.63) is 89.9 Å². The molecule has 0 radical (unpaired) electrons. The van der Waals surface area contributed by atoms with E-state index in [9.17, 15) is 0 Å². The highest BCUT2D eigenvalue weighted by Gasteiger charge is 2.59. The Balaban J connectivity index is 1.40. The van der Waals surface area contributed by atoms with Crippen LogP contribution in [0, 0.1) is 0 Å². The van der Waals surface area contributed by atoms with Crippen LogP contribution in [0.1, 0.15) is 22.7 Å². The molecule has 3 unspecified atom stereocenters. The Kier molecular flexibility index (Phi) is 6.72. The number of aromatic amines is 1. The highest BCUT2D eigenvalue weighted by molar-refractivity contribution is 5.83. The Morgan fingerprint density at radius 2 is 1.63 bits per heavy atom. The summed E-state index contributed by atoms with van der Waals surface area (Å²) in [6.07, 6.45) is 1.42. The summed E-state index contributed by atoms with van der Waals surface area (Å²) < 4.78 is 48.8. The van der Waals surface area contributed by atoms with Crippen LogP contribution in [0.2, 0.25) is 0 Å². The third kappa shape index (κ3) is 4.75. The molecule has 2 aromatic carbocycles. The molecule has 3 atom stereocenters. The van der Waals surface area contributed by atoms with Crippen LogP contribution >= 0.6 is 0 Å². The van der Waals surface area contributed by atoms with E-state index < -0.39 is 24.1 Å². The molecule has 182 valence electrons. The molecule has 9 heteroatoms. The van der Waals surface area contributed by atoms with Crippen LogP contribution in [-0.4, -0.2) is 46.7 Å². The Labute approximate surface area is 201 Å². The number of benzene rings is 2. The highest BCUT2D eigenvalue weighted by Crippen LogP contribution is 2.45. The highest BCUT2D eigenvalue weighted by atomic mass is 19.3. The van der Waals surface area contributed by atoms with Crippen molar-refractivity contribution in [2.24, 2.45) is 0 Å². The van der Waals surface area contributed by atoms with Gasteiger partial charge in [-0.3, -0.25) is 5.32 Å². The zero-order chi connectivity index (χ0) is 24.3. The van der Waals surface area contributed by atoms with Crippen molar-refractivity contribution >= 4 is 11.0 Å². The maximum Gasteiger partial charge on any atom is 0.294 e. The number of nitrogens with zero attached hydrogens (tertiary/aromatic N) is 2. The maximum absolute atomic E-state index is 15.9. The van der Waals surface area contributed by atoms with Gasteiger partial charge < -0.3 is 19.2 Å². The molecule has 3 heterocycles. The van der Waals surface area contributed by atoms with Crippen molar-refractivity contribution < 1.29 is 23.0 Å². The van der Waals surface area contributed by atoms with Crippen LogP contribution in [0.25, 0.3) is 11.0 Å². The van der Waals surface area contributed by atoms with Gasteiger partial charge in [0.1, 0.15) is 29.5 Å². The van der Waals surface area contributed by atoms with Crippen LogP contribution < -0.4 is 10.1 Å². The Morgan fingerprint density at radius 3 is 2.31 bits per heavy atom. The van der Waals surface area contributed by atoms with E-state index in [0.29, 0.717) is 29.1 Å². The Hall–Kier alpha value is -3.40. The largest absolute Gasteiger partial charge is 0.479 e. The first-order valence-electron chi connectivity index (χ1n) is 11.3. The van der Waals surface area contributed by atoms with Crippen molar-refractivity contribution in [1.29, 1.82) is 0 Å². The van der Waals surface area contributed by atoms with Crippen LogP contribution in [0.4, 0.5) is 8.78 Å². The number of hydrogen-bond acceptors (Lipinski definition) is 6. The summed E-state index contributed by atoms with van der Waals surface area (Å²) in [4.78, 5) is 11.3. The average molecular weight is 481 g/mol. The van der Waals surface area contributed by atoms with E-state index >= 15 is 8.78 Å². The molecule has 1 saturated heterocycles. The molecule has 35 heavy (non-hydrogen) atoms. The standard InChI is InChI=1S/C26H26F2N4O3/c1-33-25-22-21(30-16-31-25)19(12-29-22)23-26(27,28)24(35-14-18-10-6-3-7-11-18)20(32-23)15-34-13-17-8-4-2-5-9-17/h2-12,16,20,23-24,29,32H,13-15H2,1H3. The van der Waals surface area contributed by atoms with Gasteiger partial charge in [0.25, 0.3) is 5.92 Å². The minimum absolute atomic E-state index is 0.0566. The number of H-pyrrole nitrogens is 1. The van der Waals surface area contributed by atoms with Gasteiger partial charge in [0.15, 0.2) is 0 Å². The summed E-state index contributed by atoms with van der Waals surface area (Å²) in [5.41, 5.74) is 2.95. The number of hydrogen-bond donors (Lipinski definition) is 2. The van der Waals surface area contributed by atoms with Gasteiger partial charge in [-0.2, -0.15) is 4.98 Å². The molecule has 0 amide bonds. The zero-order valence-electron chi connectivity index (χ0n) is 19.2. The molecule has 7 nitrogen and oxygen atoms in total. The normalized spacial score (nSPS) is 21.4. The topological polar surface area (TPSA) is 81.3 Å². The lowest BCUT2D eigenvalue weighted by atomic mass is 10.0. The number of halogens is 2. The zero-order valence-corrected chi connectivity index (χ0v) is 19.2. The van der Waals surface area contributed by atoms with E-state index in [4.69, 9.17) is 14.2 Å². The summed E-state index contributed by atoms with van der Waals surface area (Å²) in [6, 6.07) is 16.8. The smallest absolute Gasteiger partial charge is 0.294 e. The Bertz CT molecular complexity index is 1250. The molecule has 0 bridgehead atoms. The fraction of sp³-hybridized carbons (Fsp3) is 0.308. The molecule has 1 aliphatic heterocycles. The second-order valence-electron chi connectivity index (χ2n) is 8.45. The molecule has 1 fully saturated rings. The predicted octanol–water partition coefficient (Wildman–Crippen LogP) is 4.42. The van der Waals surface area contributed by atoms with Crippen LogP contribution in [0.15, 0.2) is 73.2 Å². The van der Waals surface area contributed by atoms with Crippen molar-refractivity contribution in [3.63, 3.8) is 0 Å². The number of aromatic nitrogens is 3. The molecule has 2 N–H and O–H groups in total. The van der Waals surface area contributed by atoms with Crippen LogP contribution in [-0.2, 0) is 22.7 Å². The van der Waals surface area contributed by atoms with Crippen molar-refractivity contribution in [3.8, 4) is 5.88 Å². The molecule has 0 aliphatic carbocycles. The van der Waals surface area contributed by atoms with Gasteiger partial charge in [-0.1, -0.05) is 60.7 Å². The number of ether oxygens (including phenoxy) is 3. The lowest BCUT2D eigenvalue weighted by molar-refractivity contribution is -0.139. The summed E-state index contributed by atoms with van der Waals surface area (Å²) in [5, 5.41) is 3.06. The number of fused-ring (bicyclic) bond motifs is 1. The fourth-order valence-corrected chi connectivity index (χ4v) is 4.45. The van der Waals surface area contributed by atoms with E-state index in [1.54, 1.807) is 0 Å². The second kappa shape index (κ2) is 10.1. The minimum Gasteiger partial charge on any atom is -0.479 e. The monoisotopic (exact) mass is 480 g/mol. The van der Waals surface area contributed by atoms with E-state index in [-0.39, 0.29) is 13.2 Å². The number of alkyl halides is 2. The average Bonchev–Trinajstić information content (AvgIpc) is 3.41. The van der Waals surface area contributed by atoms with E-state index in [0.717, 1.165) is 11.1 Å². The molecule has 0 saturated carbocycles. The Morgan fingerprint density at radius 1 is 0.943 bits per heavy atom. The molecule has 5 rings (SSSR count). The van der Waals surface area contributed by atoms with Gasteiger partial charge in [-0.15, -0.1) is 0 Å². The third-order valence-corrected chi connectivity index (χ3v) is 6.15. The predicted molar refractivity (Wildman–Crippen MR) is 126 cm³/mol. The first-order chi connectivity index (χ1) is 17.1. The molecular formula is C26H26F2N4O3. The van der Waals surface area contributed by atoms with Gasteiger partial charge in [0.2, 0.25) is 5.88 Å². The summed E-state index contributed by atoms with van der Waals surface area (Å²) >= 11 is 0. The van der Waals surface area contributed by atoms with Gasteiger partial charge in [0.05, 0.1) is 33.0 Å². The van der Waals surface area contributed by atoms with Crippen molar-refractivity contribution in [2.45, 2.75) is 37.3 Å². The first-order valence-corrected chi connectivity index (χ1v) is 11.3. The third-order valence-electron chi connectivity index (χ3n) is 6.15. The maximum atomic E-state index is 15.9. The van der Waals surface area contributed by atoms with Crippen LogP contribution in [0.3, 0.4) is 0 Å². The SMILES string of the molecule is COc1ncnc2c(C3NC(COCc4ccccc4)C(OCc4ccccc4)C3(F)F)c[nH]c12. The van der Waals surface area contributed by atoms with Gasteiger partial charge in [0, 0.05) is 11.8 Å². The molecular weight excluding hydrogens is 454 g/mol. The number of methoxy groups -OCH3 is 1. The summed E-state index contributed by atoms with van der Waals surface area (Å²) in [5.74, 6) is -2.94. The summed E-state index contributed by atoms with van der Waals surface area (Å²) in [7, 11) is 1.47. The lowest BCUT2D eigenvalue weighted by Gasteiger charge is -2.25. The van der Waals surface area contributed by atoms with E-state index in [1.165, 1.54) is 19.6 Å². The van der Waals surface area contributed by atoms with E-state index in [2.05, 4.69) is 20.3 Å². The van der Waals surface area contributed by atoms with Gasteiger partial charge in [-0.05, 0) is 11.1 Å². The molecule has 2 aromatic heterocycles. The van der Waals surface area contributed by atoms with Crippen molar-refractivity contribution in [1.82, 2.24) is 20.3 Å². The molecule has 1 aliphatic rings. The second-order valence-corrected chi connectivity index (χ2v) is 8.45. The fourth-order valence-electron chi connectivity index (χ4n) is 4.45. The van der Waals surface area contributed by atoms with Crippen molar-refractivity contribution in [2.75, 3.05) is 13.7 Å². The van der Waals surface area contributed by atoms with Gasteiger partial charge in [-0.25, -0.2) is 13.8 Å². The minimum atomic E-state index is -3.23. The number of rotatable bonds is 9. The molecule has 0 spiro atoms. The van der Waals surface area contributed by atoms with Crippen LogP contribution in [0.5, 0.6) is 5.88 Å². The first kappa shape index (κ1) is 23.3. The van der Waals surface area contributed by atoms with Gasteiger partial charge >= 0.3 is 0 Å².